The summed E-state index contributed by atoms with van der Waals surface area (Å²) in [6, 6.07) is 17.1. The third kappa shape index (κ3) is 4.85. The number of hydrogen-bond acceptors (Lipinski definition) is 7. The van der Waals surface area contributed by atoms with Gasteiger partial charge in [-0.3, -0.25) is 9.69 Å². The molecule has 0 N–H and O–H groups in total. The Morgan fingerprint density at radius 3 is 2.48 bits per heavy atom. The molecule has 0 saturated heterocycles. The third-order valence-electron chi connectivity index (χ3n) is 5.11. The van der Waals surface area contributed by atoms with E-state index in [1.807, 2.05) is 54.6 Å². The summed E-state index contributed by atoms with van der Waals surface area (Å²) < 4.78 is 10.7. The second kappa shape index (κ2) is 9.79. The van der Waals surface area contributed by atoms with Crippen LogP contribution in [-0.2, 0) is 22.6 Å². The standard InChI is InChI=1S/C25H23N3O4S/c1-4-18-10-12-21(13-11-18)28(17(3)29)25-26-20(15-33-25)14-31-24(30)22-16(2)32-27-23(22)19-8-6-5-7-9-19/h5-13,15H,4,14H2,1-3H3. The van der Waals surface area contributed by atoms with Gasteiger partial charge < -0.3 is 9.26 Å². The van der Waals surface area contributed by atoms with Crippen molar-refractivity contribution in [3.05, 3.63) is 82.6 Å². The Kier molecular flexibility index (Phi) is 6.65. The van der Waals surface area contributed by atoms with E-state index in [1.165, 1.54) is 23.8 Å². The van der Waals surface area contributed by atoms with Crippen molar-refractivity contribution in [2.45, 2.75) is 33.8 Å². The zero-order valence-electron chi connectivity index (χ0n) is 18.6. The fourth-order valence-corrected chi connectivity index (χ4v) is 4.26. The van der Waals surface area contributed by atoms with Crippen molar-refractivity contribution in [2.24, 2.45) is 0 Å². The van der Waals surface area contributed by atoms with Gasteiger partial charge in [0.25, 0.3) is 0 Å². The van der Waals surface area contributed by atoms with Gasteiger partial charge in [0.1, 0.15) is 23.6 Å². The summed E-state index contributed by atoms with van der Waals surface area (Å²) in [7, 11) is 0. The van der Waals surface area contributed by atoms with Crippen molar-refractivity contribution in [2.75, 3.05) is 4.90 Å². The van der Waals surface area contributed by atoms with E-state index in [-0.39, 0.29) is 18.1 Å². The molecule has 2 heterocycles. The first-order valence-corrected chi connectivity index (χ1v) is 11.4. The van der Waals surface area contributed by atoms with Crippen LogP contribution in [0, 0.1) is 6.92 Å². The lowest BCUT2D eigenvalue weighted by Gasteiger charge is -2.18. The van der Waals surface area contributed by atoms with E-state index in [0.29, 0.717) is 22.3 Å². The monoisotopic (exact) mass is 461 g/mol. The van der Waals surface area contributed by atoms with Gasteiger partial charge in [0.2, 0.25) is 5.91 Å². The molecule has 1 amide bonds. The summed E-state index contributed by atoms with van der Waals surface area (Å²) in [6.45, 7) is 5.21. The lowest BCUT2D eigenvalue weighted by Crippen LogP contribution is -2.22. The fourth-order valence-electron chi connectivity index (χ4n) is 3.39. The van der Waals surface area contributed by atoms with Crippen LogP contribution >= 0.6 is 11.3 Å². The second-order valence-corrected chi connectivity index (χ2v) is 8.24. The Labute approximate surface area is 195 Å². The molecule has 2 aromatic carbocycles. The van der Waals surface area contributed by atoms with Gasteiger partial charge in [-0.2, -0.15) is 0 Å². The van der Waals surface area contributed by atoms with Crippen LogP contribution in [0.15, 0.2) is 64.5 Å². The van der Waals surface area contributed by atoms with Crippen molar-refractivity contribution < 1.29 is 18.8 Å². The second-order valence-electron chi connectivity index (χ2n) is 7.40. The molecule has 0 atom stereocenters. The first kappa shape index (κ1) is 22.4. The number of anilines is 2. The molecular weight excluding hydrogens is 438 g/mol. The molecule has 0 aliphatic heterocycles. The number of aryl methyl sites for hydroxylation is 2. The zero-order chi connectivity index (χ0) is 23.4. The summed E-state index contributed by atoms with van der Waals surface area (Å²) in [5, 5.41) is 6.31. The Hall–Kier alpha value is -3.78. The Balaban J connectivity index is 1.50. The first-order chi connectivity index (χ1) is 16.0. The molecule has 7 nitrogen and oxygen atoms in total. The van der Waals surface area contributed by atoms with Gasteiger partial charge in [0.05, 0.1) is 11.4 Å². The van der Waals surface area contributed by atoms with Crippen LogP contribution < -0.4 is 4.90 Å². The van der Waals surface area contributed by atoms with Gasteiger partial charge in [0.15, 0.2) is 5.13 Å². The highest BCUT2D eigenvalue weighted by Gasteiger charge is 2.24. The SMILES string of the molecule is CCc1ccc(N(C(C)=O)c2nc(COC(=O)c3c(-c4ccccc4)noc3C)cs2)cc1. The molecule has 0 bridgehead atoms. The average molecular weight is 462 g/mol. The summed E-state index contributed by atoms with van der Waals surface area (Å²) in [4.78, 5) is 31.2. The maximum absolute atomic E-state index is 12.8. The van der Waals surface area contributed by atoms with E-state index in [1.54, 1.807) is 17.2 Å². The number of aromatic nitrogens is 2. The number of esters is 1. The molecule has 0 fully saturated rings. The highest BCUT2D eigenvalue weighted by molar-refractivity contribution is 7.14. The van der Waals surface area contributed by atoms with E-state index in [4.69, 9.17) is 9.26 Å². The number of benzene rings is 2. The molecular formula is C25H23N3O4S. The van der Waals surface area contributed by atoms with Crippen LogP contribution in [-0.4, -0.2) is 22.0 Å². The van der Waals surface area contributed by atoms with Crippen LogP contribution in [0.2, 0.25) is 0 Å². The Morgan fingerprint density at radius 1 is 1.09 bits per heavy atom. The van der Waals surface area contributed by atoms with Gasteiger partial charge in [-0.15, -0.1) is 11.3 Å². The van der Waals surface area contributed by atoms with Crippen molar-refractivity contribution in [3.63, 3.8) is 0 Å². The first-order valence-electron chi connectivity index (χ1n) is 10.5. The molecule has 0 saturated carbocycles. The van der Waals surface area contributed by atoms with Gasteiger partial charge in [-0.1, -0.05) is 54.5 Å². The number of nitrogens with zero attached hydrogens (tertiary/aromatic N) is 3. The van der Waals surface area contributed by atoms with Gasteiger partial charge in [-0.25, -0.2) is 9.78 Å². The number of hydrogen-bond donors (Lipinski definition) is 0. The van der Waals surface area contributed by atoms with Gasteiger partial charge >= 0.3 is 5.97 Å². The predicted molar refractivity (Wildman–Crippen MR) is 127 cm³/mol. The molecule has 4 rings (SSSR count). The fraction of sp³-hybridized carbons (Fsp3) is 0.200. The highest BCUT2D eigenvalue weighted by Crippen LogP contribution is 2.30. The summed E-state index contributed by atoms with van der Waals surface area (Å²) >= 11 is 1.31. The Morgan fingerprint density at radius 2 is 1.82 bits per heavy atom. The number of carbonyl (C=O) groups is 2. The lowest BCUT2D eigenvalue weighted by atomic mass is 10.1. The summed E-state index contributed by atoms with van der Waals surface area (Å²) in [5.74, 6) is -0.304. The molecule has 168 valence electrons. The Bertz CT molecular complexity index is 1260. The van der Waals surface area contributed by atoms with Gasteiger partial charge in [-0.05, 0) is 31.0 Å². The number of ether oxygens (including phenoxy) is 1. The van der Waals surface area contributed by atoms with E-state index in [2.05, 4.69) is 17.1 Å². The molecule has 0 aliphatic carbocycles. The minimum Gasteiger partial charge on any atom is -0.455 e. The van der Waals surface area contributed by atoms with Crippen LogP contribution in [0.25, 0.3) is 11.3 Å². The predicted octanol–water partition coefficient (Wildman–Crippen LogP) is 5.71. The molecule has 4 aromatic rings. The van der Waals surface area contributed by atoms with Crippen LogP contribution in [0.1, 0.15) is 41.2 Å². The highest BCUT2D eigenvalue weighted by atomic mass is 32.1. The maximum atomic E-state index is 12.8. The largest absolute Gasteiger partial charge is 0.455 e. The number of thiazole rings is 1. The normalized spacial score (nSPS) is 10.8. The van der Waals surface area contributed by atoms with E-state index >= 15 is 0 Å². The minimum atomic E-state index is -0.541. The topological polar surface area (TPSA) is 85.5 Å². The number of amides is 1. The van der Waals surface area contributed by atoms with E-state index < -0.39 is 5.97 Å². The van der Waals surface area contributed by atoms with Crippen LogP contribution in [0.5, 0.6) is 0 Å². The van der Waals surface area contributed by atoms with Crippen molar-refractivity contribution >= 4 is 34.0 Å². The molecule has 0 unspecified atom stereocenters. The molecule has 0 aliphatic rings. The molecule has 0 spiro atoms. The zero-order valence-corrected chi connectivity index (χ0v) is 19.4. The smallest absolute Gasteiger partial charge is 0.344 e. The lowest BCUT2D eigenvalue weighted by molar-refractivity contribution is -0.115. The molecule has 33 heavy (non-hydrogen) atoms. The third-order valence-corrected chi connectivity index (χ3v) is 5.99. The average Bonchev–Trinajstić information content (AvgIpc) is 3.45. The van der Waals surface area contributed by atoms with Crippen molar-refractivity contribution in [3.8, 4) is 11.3 Å². The van der Waals surface area contributed by atoms with E-state index in [0.717, 1.165) is 17.7 Å². The van der Waals surface area contributed by atoms with Crippen molar-refractivity contribution in [1.29, 1.82) is 0 Å². The molecule has 0 radical (unpaired) electrons. The number of carbonyl (C=O) groups excluding carboxylic acids is 2. The van der Waals surface area contributed by atoms with Gasteiger partial charge in [0, 0.05) is 17.9 Å². The van der Waals surface area contributed by atoms with E-state index in [9.17, 15) is 9.59 Å². The summed E-state index contributed by atoms with van der Waals surface area (Å²) in [6.07, 6.45) is 0.921. The molecule has 8 heteroatoms. The maximum Gasteiger partial charge on any atom is 0.344 e. The summed E-state index contributed by atoms with van der Waals surface area (Å²) in [5.41, 5.74) is 3.98. The van der Waals surface area contributed by atoms with Crippen LogP contribution in [0.3, 0.4) is 0 Å². The van der Waals surface area contributed by atoms with Crippen LogP contribution in [0.4, 0.5) is 10.8 Å². The van der Waals surface area contributed by atoms with Crippen molar-refractivity contribution in [1.82, 2.24) is 10.1 Å². The minimum absolute atomic E-state index is 0.0330. The number of rotatable bonds is 7. The quantitative estimate of drug-likeness (QED) is 0.328. The molecule has 2 aromatic heterocycles.